The molecule has 0 saturated carbocycles. The summed E-state index contributed by atoms with van der Waals surface area (Å²) >= 11 is 0. The van der Waals surface area contributed by atoms with Crippen LogP contribution in [-0.2, 0) is 0 Å². The second kappa shape index (κ2) is 10.1. The summed E-state index contributed by atoms with van der Waals surface area (Å²) in [5, 5.41) is 4.66. The molecule has 42 heavy (non-hydrogen) atoms. The second-order valence-electron chi connectivity index (χ2n) is 10.6. The normalized spacial score (nSPS) is 11.3. The minimum atomic E-state index is 0.900. The number of anilines is 3. The summed E-state index contributed by atoms with van der Waals surface area (Å²) in [6.07, 6.45) is 0. The van der Waals surface area contributed by atoms with Crippen molar-refractivity contribution < 1.29 is 4.42 Å². The fraction of sp³-hybridized carbons (Fsp3) is 0. The molecule has 8 rings (SSSR count). The van der Waals surface area contributed by atoms with Gasteiger partial charge in [-0.1, -0.05) is 121 Å². The van der Waals surface area contributed by atoms with Crippen molar-refractivity contribution >= 4 is 49.8 Å². The molecule has 0 unspecified atom stereocenters. The van der Waals surface area contributed by atoms with Crippen molar-refractivity contribution in [3.05, 3.63) is 164 Å². The lowest BCUT2D eigenvalue weighted by atomic mass is 9.98. The molecule has 198 valence electrons. The van der Waals surface area contributed by atoms with E-state index in [-0.39, 0.29) is 0 Å². The molecule has 0 aliphatic heterocycles. The van der Waals surface area contributed by atoms with Crippen molar-refractivity contribution in [3.63, 3.8) is 0 Å². The fourth-order valence-electron chi connectivity index (χ4n) is 6.05. The smallest absolute Gasteiger partial charge is 0.143 e. The molecule has 2 heteroatoms. The molecule has 0 spiro atoms. The van der Waals surface area contributed by atoms with Crippen LogP contribution in [0.3, 0.4) is 0 Å². The summed E-state index contributed by atoms with van der Waals surface area (Å²) in [7, 11) is 0. The van der Waals surface area contributed by atoms with Crippen LogP contribution >= 0.6 is 0 Å². The Labute approximate surface area is 244 Å². The SMILES string of the molecule is c1ccc(-c2ccc(N(c3ccccc3)c3cc(-c4ccccc4)c4oc5ccc6ccccc6c5c4c3)cc2)cc1. The molecule has 0 saturated heterocycles. The van der Waals surface area contributed by atoms with Gasteiger partial charge in [0.2, 0.25) is 0 Å². The summed E-state index contributed by atoms with van der Waals surface area (Å²) in [5.41, 5.74) is 9.68. The van der Waals surface area contributed by atoms with E-state index in [1.807, 2.05) is 0 Å². The molecule has 0 aliphatic rings. The van der Waals surface area contributed by atoms with Gasteiger partial charge in [-0.2, -0.15) is 0 Å². The van der Waals surface area contributed by atoms with E-state index in [9.17, 15) is 0 Å². The quantitative estimate of drug-likeness (QED) is 0.217. The number of furan rings is 1. The standard InChI is InChI=1S/C40H27NO/c1-4-12-28(13-5-1)29-20-23-33(24-21-29)41(32-17-8-3-9-18-32)34-26-36(30-14-6-2-7-15-30)40-37(27-34)39-35-19-11-10-16-31(35)22-25-38(39)42-40/h1-27H. The maximum absolute atomic E-state index is 6.64. The first-order chi connectivity index (χ1) is 20.8. The van der Waals surface area contributed by atoms with Gasteiger partial charge in [0.15, 0.2) is 0 Å². The topological polar surface area (TPSA) is 16.4 Å². The Morgan fingerprint density at radius 1 is 0.405 bits per heavy atom. The van der Waals surface area contributed by atoms with Crippen molar-refractivity contribution in [2.75, 3.05) is 4.90 Å². The van der Waals surface area contributed by atoms with Crippen molar-refractivity contribution in [3.8, 4) is 22.3 Å². The number of nitrogens with zero attached hydrogens (tertiary/aromatic N) is 1. The van der Waals surface area contributed by atoms with Crippen LogP contribution in [0.2, 0.25) is 0 Å². The van der Waals surface area contributed by atoms with Crippen molar-refractivity contribution in [1.82, 2.24) is 0 Å². The van der Waals surface area contributed by atoms with Gasteiger partial charge in [-0.15, -0.1) is 0 Å². The molecule has 0 bridgehead atoms. The zero-order valence-electron chi connectivity index (χ0n) is 22.9. The van der Waals surface area contributed by atoms with Crippen LogP contribution < -0.4 is 4.90 Å². The Morgan fingerprint density at radius 3 is 1.74 bits per heavy atom. The van der Waals surface area contributed by atoms with Crippen LogP contribution in [0.5, 0.6) is 0 Å². The Kier molecular flexibility index (Phi) is 5.82. The van der Waals surface area contributed by atoms with Gasteiger partial charge in [0.25, 0.3) is 0 Å². The first kappa shape index (κ1) is 24.2. The summed E-state index contributed by atoms with van der Waals surface area (Å²) in [6.45, 7) is 0. The largest absolute Gasteiger partial charge is 0.455 e. The number of para-hydroxylation sites is 1. The number of fused-ring (bicyclic) bond motifs is 5. The highest BCUT2D eigenvalue weighted by molar-refractivity contribution is 6.21. The van der Waals surface area contributed by atoms with Gasteiger partial charge in [0.05, 0.1) is 0 Å². The van der Waals surface area contributed by atoms with Crippen LogP contribution in [-0.4, -0.2) is 0 Å². The van der Waals surface area contributed by atoms with Gasteiger partial charge < -0.3 is 9.32 Å². The molecule has 0 fully saturated rings. The van der Waals surface area contributed by atoms with E-state index in [1.165, 1.54) is 21.9 Å². The number of hydrogen-bond donors (Lipinski definition) is 0. The van der Waals surface area contributed by atoms with Gasteiger partial charge in [0, 0.05) is 33.4 Å². The Balaban J connectivity index is 1.41. The monoisotopic (exact) mass is 537 g/mol. The van der Waals surface area contributed by atoms with E-state index in [0.29, 0.717) is 0 Å². The molecule has 0 N–H and O–H groups in total. The van der Waals surface area contributed by atoms with Crippen molar-refractivity contribution in [2.45, 2.75) is 0 Å². The van der Waals surface area contributed by atoms with E-state index in [4.69, 9.17) is 4.42 Å². The summed E-state index contributed by atoms with van der Waals surface area (Å²) in [5.74, 6) is 0. The van der Waals surface area contributed by atoms with E-state index in [1.54, 1.807) is 0 Å². The van der Waals surface area contributed by atoms with Gasteiger partial charge >= 0.3 is 0 Å². The number of hydrogen-bond acceptors (Lipinski definition) is 2. The summed E-state index contributed by atoms with van der Waals surface area (Å²) in [6, 6.07) is 57.8. The minimum absolute atomic E-state index is 0.900. The lowest BCUT2D eigenvalue weighted by molar-refractivity contribution is 0.670. The Hall–Kier alpha value is -5.60. The zero-order valence-corrected chi connectivity index (χ0v) is 22.9. The molecule has 0 radical (unpaired) electrons. The lowest BCUT2D eigenvalue weighted by Gasteiger charge is -2.26. The summed E-state index contributed by atoms with van der Waals surface area (Å²) in [4.78, 5) is 2.34. The van der Waals surface area contributed by atoms with Crippen molar-refractivity contribution in [1.29, 1.82) is 0 Å². The van der Waals surface area contributed by atoms with Gasteiger partial charge in [-0.25, -0.2) is 0 Å². The highest BCUT2D eigenvalue weighted by Gasteiger charge is 2.20. The molecule has 8 aromatic rings. The predicted molar refractivity (Wildman–Crippen MR) is 177 cm³/mol. The number of rotatable bonds is 5. The molecule has 0 aliphatic carbocycles. The van der Waals surface area contributed by atoms with Gasteiger partial charge in [-0.3, -0.25) is 0 Å². The van der Waals surface area contributed by atoms with Crippen LogP contribution in [0.15, 0.2) is 168 Å². The van der Waals surface area contributed by atoms with Crippen molar-refractivity contribution in [2.24, 2.45) is 0 Å². The third-order valence-electron chi connectivity index (χ3n) is 8.04. The fourth-order valence-corrected chi connectivity index (χ4v) is 6.05. The molecule has 0 amide bonds. The molecular formula is C40H27NO. The van der Waals surface area contributed by atoms with Gasteiger partial charge in [0.1, 0.15) is 11.2 Å². The predicted octanol–water partition coefficient (Wildman–Crippen LogP) is 11.5. The Bertz CT molecular complexity index is 2160. The third-order valence-corrected chi connectivity index (χ3v) is 8.04. The molecule has 1 heterocycles. The van der Waals surface area contributed by atoms with Crippen LogP contribution in [0.1, 0.15) is 0 Å². The number of benzene rings is 7. The summed E-state index contributed by atoms with van der Waals surface area (Å²) < 4.78 is 6.64. The molecule has 1 aromatic heterocycles. The van der Waals surface area contributed by atoms with E-state index in [2.05, 4.69) is 169 Å². The maximum atomic E-state index is 6.64. The molecule has 0 atom stereocenters. The molecule has 7 aromatic carbocycles. The van der Waals surface area contributed by atoms with E-state index < -0.39 is 0 Å². The Morgan fingerprint density at radius 2 is 1.00 bits per heavy atom. The highest BCUT2D eigenvalue weighted by Crippen LogP contribution is 2.45. The van der Waals surface area contributed by atoms with Crippen LogP contribution in [0, 0.1) is 0 Å². The zero-order chi connectivity index (χ0) is 27.9. The average Bonchev–Trinajstić information content (AvgIpc) is 3.45. The lowest BCUT2D eigenvalue weighted by Crippen LogP contribution is -2.10. The minimum Gasteiger partial charge on any atom is -0.455 e. The van der Waals surface area contributed by atoms with E-state index >= 15 is 0 Å². The van der Waals surface area contributed by atoms with Crippen LogP contribution in [0.4, 0.5) is 17.1 Å². The maximum Gasteiger partial charge on any atom is 0.143 e. The first-order valence-electron chi connectivity index (χ1n) is 14.3. The third kappa shape index (κ3) is 4.13. The van der Waals surface area contributed by atoms with E-state index in [0.717, 1.165) is 50.1 Å². The first-order valence-corrected chi connectivity index (χ1v) is 14.3. The average molecular weight is 538 g/mol. The molecule has 2 nitrogen and oxygen atoms in total. The van der Waals surface area contributed by atoms with Gasteiger partial charge in [-0.05, 0) is 69.9 Å². The molecular weight excluding hydrogens is 510 g/mol. The second-order valence-corrected chi connectivity index (χ2v) is 10.6. The van der Waals surface area contributed by atoms with Crippen LogP contribution in [0.25, 0.3) is 55.0 Å². The highest BCUT2D eigenvalue weighted by atomic mass is 16.3.